The van der Waals surface area contributed by atoms with Crippen LogP contribution in [0.25, 0.3) is 11.2 Å². The van der Waals surface area contributed by atoms with Crippen LogP contribution in [0.5, 0.6) is 0 Å². The zero-order chi connectivity index (χ0) is 14.3. The van der Waals surface area contributed by atoms with E-state index in [2.05, 4.69) is 4.98 Å². The molecule has 2 aromatic rings. The molecule has 0 atom stereocenters. The first kappa shape index (κ1) is 13.0. The summed E-state index contributed by atoms with van der Waals surface area (Å²) in [4.78, 5) is 38.1. The van der Waals surface area contributed by atoms with Crippen LogP contribution in [-0.2, 0) is 20.6 Å². The minimum absolute atomic E-state index is 0.0246. The van der Waals surface area contributed by atoms with Crippen LogP contribution >= 0.6 is 0 Å². The first-order valence-electron chi connectivity index (χ1n) is 5.70. The highest BCUT2D eigenvalue weighted by Gasteiger charge is 2.26. The van der Waals surface area contributed by atoms with Gasteiger partial charge in [0.2, 0.25) is 5.52 Å². The minimum atomic E-state index is -0.686. The lowest BCUT2D eigenvalue weighted by Gasteiger charge is -2.04. The summed E-state index contributed by atoms with van der Waals surface area (Å²) in [5, 5.41) is 10.8. The van der Waals surface area contributed by atoms with Gasteiger partial charge in [0, 0.05) is 13.6 Å². The number of aryl methyl sites for hydroxylation is 2. The van der Waals surface area contributed by atoms with Crippen LogP contribution in [0.3, 0.4) is 0 Å². The minimum Gasteiger partial charge on any atom is -0.390 e. The third kappa shape index (κ3) is 1.74. The van der Waals surface area contributed by atoms with Gasteiger partial charge < -0.3 is 10.1 Å². The Morgan fingerprint density at radius 3 is 2.42 bits per heavy atom. The molecule has 0 aliphatic carbocycles. The van der Waals surface area contributed by atoms with Crippen molar-refractivity contribution in [3.63, 3.8) is 0 Å². The molecule has 9 nitrogen and oxygen atoms in total. The summed E-state index contributed by atoms with van der Waals surface area (Å²) in [7, 11) is 2.82. The van der Waals surface area contributed by atoms with Gasteiger partial charge in [0.1, 0.15) is 0 Å². The Labute approximate surface area is 106 Å². The smallest absolute Gasteiger partial charge is 0.390 e. The summed E-state index contributed by atoms with van der Waals surface area (Å²) >= 11 is 0. The molecule has 0 amide bonds. The Morgan fingerprint density at radius 2 is 1.89 bits per heavy atom. The Balaban J connectivity index is 3.00. The number of aromatic nitrogens is 4. The molecule has 102 valence electrons. The Kier molecular flexibility index (Phi) is 2.97. The van der Waals surface area contributed by atoms with E-state index in [9.17, 15) is 19.7 Å². The van der Waals surface area contributed by atoms with Gasteiger partial charge in [-0.2, -0.15) is 0 Å². The maximum Gasteiger partial charge on any atom is 0.437 e. The summed E-state index contributed by atoms with van der Waals surface area (Å²) in [5.41, 5.74) is -0.991. The zero-order valence-corrected chi connectivity index (χ0v) is 10.8. The number of hydrogen-bond donors (Lipinski definition) is 0. The second kappa shape index (κ2) is 4.34. The molecule has 2 rings (SSSR count). The number of rotatable bonds is 3. The third-order valence-electron chi connectivity index (χ3n) is 2.95. The molecule has 0 aromatic carbocycles. The van der Waals surface area contributed by atoms with Gasteiger partial charge in [0.05, 0.1) is 7.05 Å². The van der Waals surface area contributed by atoms with E-state index in [-0.39, 0.29) is 17.7 Å². The number of fused-ring (bicyclic) bond motifs is 1. The van der Waals surface area contributed by atoms with Gasteiger partial charge in [-0.1, -0.05) is 6.92 Å². The Morgan fingerprint density at radius 1 is 1.26 bits per heavy atom. The van der Waals surface area contributed by atoms with Crippen LogP contribution in [0.4, 0.5) is 5.95 Å². The molecule has 0 aliphatic heterocycles. The van der Waals surface area contributed by atoms with Crippen LogP contribution in [0, 0.1) is 10.1 Å². The summed E-state index contributed by atoms with van der Waals surface area (Å²) in [6, 6.07) is 0. The molecule has 0 saturated heterocycles. The molecule has 2 aromatic heterocycles. The van der Waals surface area contributed by atoms with Crippen molar-refractivity contribution in [3.8, 4) is 0 Å². The maximum absolute atomic E-state index is 12.2. The monoisotopic (exact) mass is 267 g/mol. The van der Waals surface area contributed by atoms with Crippen molar-refractivity contribution < 1.29 is 4.92 Å². The van der Waals surface area contributed by atoms with Gasteiger partial charge in [-0.05, 0) is 16.3 Å². The van der Waals surface area contributed by atoms with Crippen molar-refractivity contribution in [3.05, 3.63) is 31.0 Å². The zero-order valence-electron chi connectivity index (χ0n) is 10.8. The second-order valence-corrected chi connectivity index (χ2v) is 4.20. The highest BCUT2D eigenvalue weighted by molar-refractivity contribution is 5.72. The fraction of sp³-hybridized carbons (Fsp3) is 0.500. The molecule has 2 heterocycles. The molecule has 0 bridgehead atoms. The van der Waals surface area contributed by atoms with Crippen molar-refractivity contribution in [1.82, 2.24) is 18.7 Å². The number of nitrogens with zero attached hydrogens (tertiary/aromatic N) is 5. The average Bonchev–Trinajstić information content (AvgIpc) is 2.70. The lowest BCUT2D eigenvalue weighted by atomic mass is 10.4. The first-order chi connectivity index (χ1) is 8.90. The van der Waals surface area contributed by atoms with Crippen LogP contribution in [0.1, 0.15) is 13.3 Å². The molecule has 19 heavy (non-hydrogen) atoms. The maximum atomic E-state index is 12.2. The summed E-state index contributed by atoms with van der Waals surface area (Å²) < 4.78 is 3.32. The van der Waals surface area contributed by atoms with E-state index in [0.29, 0.717) is 6.42 Å². The van der Waals surface area contributed by atoms with Crippen LogP contribution in [0.15, 0.2) is 9.59 Å². The quantitative estimate of drug-likeness (QED) is 0.563. The molecule has 0 N–H and O–H groups in total. The number of hydrogen-bond acceptors (Lipinski definition) is 5. The Hall–Kier alpha value is -2.45. The van der Waals surface area contributed by atoms with E-state index in [1.54, 1.807) is 0 Å². The SMILES string of the molecule is CCCn1c(=O)c2c(nc([N+](=O)[O-])n2C)n(C)c1=O. The standard InChI is InChI=1S/C10H13N5O4/c1-4-5-14-8(16)6-7(13(3)10(14)17)11-9(12(6)2)15(18)19/h4-5H2,1-3H3. The molecular weight excluding hydrogens is 254 g/mol. The molecule has 9 heteroatoms. The molecule has 0 radical (unpaired) electrons. The summed E-state index contributed by atoms with van der Waals surface area (Å²) in [5.74, 6) is -0.462. The van der Waals surface area contributed by atoms with Crippen molar-refractivity contribution in [2.45, 2.75) is 19.9 Å². The lowest BCUT2D eigenvalue weighted by molar-refractivity contribution is -0.396. The molecule has 0 fully saturated rings. The molecule has 0 spiro atoms. The fourth-order valence-corrected chi connectivity index (χ4v) is 2.02. The van der Waals surface area contributed by atoms with Crippen molar-refractivity contribution in [2.75, 3.05) is 0 Å². The largest absolute Gasteiger partial charge is 0.437 e. The molecular formula is C10H13N5O4. The fourth-order valence-electron chi connectivity index (χ4n) is 2.02. The second-order valence-electron chi connectivity index (χ2n) is 4.20. The normalized spacial score (nSPS) is 11.1. The van der Waals surface area contributed by atoms with Gasteiger partial charge in [0.25, 0.3) is 11.2 Å². The van der Waals surface area contributed by atoms with Gasteiger partial charge >= 0.3 is 11.6 Å². The van der Waals surface area contributed by atoms with E-state index >= 15 is 0 Å². The van der Waals surface area contributed by atoms with E-state index in [0.717, 1.165) is 13.7 Å². The topological polar surface area (TPSA) is 105 Å². The average molecular weight is 267 g/mol. The predicted molar refractivity (Wildman–Crippen MR) is 67.2 cm³/mol. The number of imidazole rings is 1. The predicted octanol–water partition coefficient (Wildman–Crippen LogP) is -0.248. The lowest BCUT2D eigenvalue weighted by Crippen LogP contribution is -2.39. The van der Waals surface area contributed by atoms with E-state index in [4.69, 9.17) is 0 Å². The van der Waals surface area contributed by atoms with Gasteiger partial charge in [-0.25, -0.2) is 9.36 Å². The van der Waals surface area contributed by atoms with Crippen LogP contribution in [-0.4, -0.2) is 23.6 Å². The van der Waals surface area contributed by atoms with Crippen molar-refractivity contribution >= 4 is 17.1 Å². The summed E-state index contributed by atoms with van der Waals surface area (Å²) in [6.07, 6.45) is 0.612. The van der Waals surface area contributed by atoms with E-state index < -0.39 is 22.1 Å². The third-order valence-corrected chi connectivity index (χ3v) is 2.95. The van der Waals surface area contributed by atoms with Gasteiger partial charge in [-0.3, -0.25) is 13.9 Å². The highest BCUT2D eigenvalue weighted by Crippen LogP contribution is 2.14. The van der Waals surface area contributed by atoms with E-state index in [1.807, 2.05) is 6.92 Å². The molecule has 0 saturated carbocycles. The first-order valence-corrected chi connectivity index (χ1v) is 5.70. The van der Waals surface area contributed by atoms with Crippen LogP contribution in [0.2, 0.25) is 0 Å². The summed E-state index contributed by atoms with van der Waals surface area (Å²) in [6.45, 7) is 2.10. The van der Waals surface area contributed by atoms with Crippen molar-refractivity contribution in [2.24, 2.45) is 14.1 Å². The highest BCUT2D eigenvalue weighted by atomic mass is 16.6. The van der Waals surface area contributed by atoms with Crippen LogP contribution < -0.4 is 11.2 Å². The molecule has 0 aliphatic rings. The van der Waals surface area contributed by atoms with Gasteiger partial charge in [0.15, 0.2) is 0 Å². The Bertz CT molecular complexity index is 782. The van der Waals surface area contributed by atoms with Gasteiger partial charge in [-0.15, -0.1) is 0 Å². The van der Waals surface area contributed by atoms with E-state index in [1.165, 1.54) is 14.1 Å². The number of nitro groups is 1. The van der Waals surface area contributed by atoms with Crippen molar-refractivity contribution in [1.29, 1.82) is 0 Å². The molecule has 0 unspecified atom stereocenters.